The first kappa shape index (κ1) is 15.3. The smallest absolute Gasteiger partial charge is 0.193 e. The van der Waals surface area contributed by atoms with Gasteiger partial charge in [0, 0.05) is 22.9 Å². The first-order valence-corrected chi connectivity index (χ1v) is 8.34. The Labute approximate surface area is 144 Å². The highest BCUT2D eigenvalue weighted by Gasteiger charge is 2.17. The Morgan fingerprint density at radius 2 is 1.86 bits per heavy atom. The second-order valence-electron chi connectivity index (χ2n) is 4.90. The van der Waals surface area contributed by atoms with Crippen LogP contribution in [0.3, 0.4) is 0 Å². The van der Waals surface area contributed by atoms with Gasteiger partial charge in [-0.1, -0.05) is 19.1 Å². The SMILES string of the molecule is CCc1cc2c(C(=O)c3cc(Br)c(O)c(Br)c3)cccc2o1. The van der Waals surface area contributed by atoms with Crippen molar-refractivity contribution in [2.24, 2.45) is 0 Å². The lowest BCUT2D eigenvalue weighted by atomic mass is 10.00. The van der Waals surface area contributed by atoms with Gasteiger partial charge in [-0.15, -0.1) is 0 Å². The predicted molar refractivity (Wildman–Crippen MR) is 92.5 cm³/mol. The number of aryl methyl sites for hydroxylation is 1. The van der Waals surface area contributed by atoms with Gasteiger partial charge in [-0.25, -0.2) is 0 Å². The van der Waals surface area contributed by atoms with Crippen molar-refractivity contribution in [3.63, 3.8) is 0 Å². The molecule has 0 aliphatic heterocycles. The Morgan fingerprint density at radius 3 is 2.50 bits per heavy atom. The molecule has 3 nitrogen and oxygen atoms in total. The number of benzene rings is 2. The lowest BCUT2D eigenvalue weighted by molar-refractivity contribution is 0.104. The highest BCUT2D eigenvalue weighted by atomic mass is 79.9. The second kappa shape index (κ2) is 5.89. The number of carbonyl (C=O) groups excluding carboxylic acids is 1. The molecule has 3 aromatic rings. The van der Waals surface area contributed by atoms with Crippen LogP contribution in [0.15, 0.2) is 49.8 Å². The summed E-state index contributed by atoms with van der Waals surface area (Å²) in [4.78, 5) is 12.8. The van der Waals surface area contributed by atoms with E-state index in [1.807, 2.05) is 25.1 Å². The van der Waals surface area contributed by atoms with Gasteiger partial charge in [-0.2, -0.15) is 0 Å². The van der Waals surface area contributed by atoms with E-state index >= 15 is 0 Å². The molecule has 0 bridgehead atoms. The molecule has 5 heteroatoms. The van der Waals surface area contributed by atoms with Crippen LogP contribution in [0.1, 0.15) is 28.6 Å². The van der Waals surface area contributed by atoms with Crippen molar-refractivity contribution in [2.75, 3.05) is 0 Å². The van der Waals surface area contributed by atoms with Crippen LogP contribution in [0.25, 0.3) is 11.0 Å². The third-order valence-electron chi connectivity index (χ3n) is 3.48. The first-order chi connectivity index (χ1) is 10.5. The summed E-state index contributed by atoms with van der Waals surface area (Å²) in [5, 5.41) is 10.6. The Kier molecular flexibility index (Phi) is 4.10. The zero-order valence-electron chi connectivity index (χ0n) is 11.7. The highest BCUT2D eigenvalue weighted by molar-refractivity contribution is 9.11. The zero-order chi connectivity index (χ0) is 15.9. The van der Waals surface area contributed by atoms with E-state index in [0.717, 1.165) is 17.6 Å². The van der Waals surface area contributed by atoms with Gasteiger partial charge in [0.2, 0.25) is 0 Å². The number of furan rings is 1. The predicted octanol–water partition coefficient (Wildman–Crippen LogP) is 5.46. The third kappa shape index (κ3) is 2.59. The van der Waals surface area contributed by atoms with E-state index in [9.17, 15) is 9.90 Å². The van der Waals surface area contributed by atoms with Crippen LogP contribution in [0.4, 0.5) is 0 Å². The summed E-state index contributed by atoms with van der Waals surface area (Å²) in [5.41, 5.74) is 1.79. The van der Waals surface area contributed by atoms with Crippen LogP contribution in [0.5, 0.6) is 5.75 Å². The molecule has 0 unspecified atom stereocenters. The molecule has 1 N–H and O–H groups in total. The summed E-state index contributed by atoms with van der Waals surface area (Å²) in [7, 11) is 0. The summed E-state index contributed by atoms with van der Waals surface area (Å²) in [6, 6.07) is 10.6. The van der Waals surface area contributed by atoms with Crippen LogP contribution < -0.4 is 0 Å². The van der Waals surface area contributed by atoms with Gasteiger partial charge < -0.3 is 9.52 Å². The van der Waals surface area contributed by atoms with Crippen molar-refractivity contribution >= 4 is 48.6 Å². The molecule has 0 aliphatic rings. The molecule has 0 saturated carbocycles. The number of fused-ring (bicyclic) bond motifs is 1. The van der Waals surface area contributed by atoms with E-state index < -0.39 is 0 Å². The minimum absolute atomic E-state index is 0.0753. The van der Waals surface area contributed by atoms with Gasteiger partial charge in [0.25, 0.3) is 0 Å². The van der Waals surface area contributed by atoms with Crippen LogP contribution in [0, 0.1) is 0 Å². The number of phenolic OH excluding ortho intramolecular Hbond substituents is 1. The number of hydrogen-bond acceptors (Lipinski definition) is 3. The maximum Gasteiger partial charge on any atom is 0.193 e. The van der Waals surface area contributed by atoms with Crippen LogP contribution in [-0.4, -0.2) is 10.9 Å². The molecular weight excluding hydrogens is 412 g/mol. The average molecular weight is 424 g/mol. The number of phenols is 1. The summed E-state index contributed by atoms with van der Waals surface area (Å²) >= 11 is 6.50. The lowest BCUT2D eigenvalue weighted by Gasteiger charge is -2.06. The summed E-state index contributed by atoms with van der Waals surface area (Å²) < 4.78 is 6.64. The first-order valence-electron chi connectivity index (χ1n) is 6.75. The maximum atomic E-state index is 12.8. The molecule has 3 rings (SSSR count). The number of carbonyl (C=O) groups is 1. The van der Waals surface area contributed by atoms with Gasteiger partial charge in [-0.05, 0) is 56.1 Å². The Bertz CT molecular complexity index is 858. The molecule has 0 spiro atoms. The van der Waals surface area contributed by atoms with Gasteiger partial charge in [0.15, 0.2) is 5.78 Å². The van der Waals surface area contributed by atoms with Gasteiger partial charge in [0.1, 0.15) is 17.1 Å². The molecule has 0 fully saturated rings. The minimum atomic E-state index is -0.115. The molecule has 0 radical (unpaired) electrons. The van der Waals surface area contributed by atoms with Crippen molar-refractivity contribution in [1.29, 1.82) is 0 Å². The molecule has 0 amide bonds. The fourth-order valence-electron chi connectivity index (χ4n) is 2.34. The van der Waals surface area contributed by atoms with Crippen molar-refractivity contribution in [3.8, 4) is 5.75 Å². The van der Waals surface area contributed by atoms with E-state index in [-0.39, 0.29) is 11.5 Å². The fourth-order valence-corrected chi connectivity index (χ4v) is 3.52. The van der Waals surface area contributed by atoms with Gasteiger partial charge in [0.05, 0.1) is 8.95 Å². The zero-order valence-corrected chi connectivity index (χ0v) is 14.9. The molecule has 0 saturated heterocycles. The molecule has 22 heavy (non-hydrogen) atoms. The summed E-state index contributed by atoms with van der Waals surface area (Å²) in [6.07, 6.45) is 0.776. The Morgan fingerprint density at radius 1 is 1.18 bits per heavy atom. The van der Waals surface area contributed by atoms with Crippen molar-refractivity contribution < 1.29 is 14.3 Å². The highest BCUT2D eigenvalue weighted by Crippen LogP contribution is 2.34. The molecule has 0 aliphatic carbocycles. The standard InChI is InChI=1S/C17H12Br2O3/c1-2-10-8-12-11(4-3-5-15(12)22-10)16(20)9-6-13(18)17(21)14(19)7-9/h3-8,21H,2H2,1H3. The molecule has 1 aromatic heterocycles. The van der Waals surface area contributed by atoms with Crippen molar-refractivity contribution in [2.45, 2.75) is 13.3 Å². The van der Waals surface area contributed by atoms with Crippen LogP contribution in [0.2, 0.25) is 0 Å². The van der Waals surface area contributed by atoms with Crippen molar-refractivity contribution in [1.82, 2.24) is 0 Å². The van der Waals surface area contributed by atoms with E-state index in [1.54, 1.807) is 18.2 Å². The molecule has 0 atom stereocenters. The number of halogens is 2. The topological polar surface area (TPSA) is 50.4 Å². The molecule has 2 aromatic carbocycles. The summed E-state index contributed by atoms with van der Waals surface area (Å²) in [5.74, 6) is 0.810. The van der Waals surface area contributed by atoms with Gasteiger partial charge >= 0.3 is 0 Å². The third-order valence-corrected chi connectivity index (χ3v) is 4.69. The lowest BCUT2D eigenvalue weighted by Crippen LogP contribution is -2.02. The van der Waals surface area contributed by atoms with Crippen LogP contribution >= 0.6 is 31.9 Å². The quantitative estimate of drug-likeness (QED) is 0.569. The maximum absolute atomic E-state index is 12.8. The number of hydrogen-bond donors (Lipinski definition) is 1. The molecule has 1 heterocycles. The Hall–Kier alpha value is -1.59. The van der Waals surface area contributed by atoms with Crippen LogP contribution in [-0.2, 0) is 6.42 Å². The summed E-state index contributed by atoms with van der Waals surface area (Å²) in [6.45, 7) is 2.01. The number of ketones is 1. The van der Waals surface area contributed by atoms with Gasteiger partial charge in [-0.3, -0.25) is 4.79 Å². The minimum Gasteiger partial charge on any atom is -0.506 e. The number of aromatic hydroxyl groups is 1. The Balaban J connectivity index is 2.15. The molecular formula is C17H12Br2O3. The number of rotatable bonds is 3. The molecule has 112 valence electrons. The fraction of sp³-hybridized carbons (Fsp3) is 0.118. The largest absolute Gasteiger partial charge is 0.506 e. The van der Waals surface area contributed by atoms with E-state index in [0.29, 0.717) is 25.7 Å². The normalized spacial score (nSPS) is 11.0. The second-order valence-corrected chi connectivity index (χ2v) is 6.61. The van der Waals surface area contributed by atoms with E-state index in [4.69, 9.17) is 4.42 Å². The van der Waals surface area contributed by atoms with E-state index in [1.165, 1.54) is 0 Å². The monoisotopic (exact) mass is 422 g/mol. The van der Waals surface area contributed by atoms with Crippen molar-refractivity contribution in [3.05, 3.63) is 62.2 Å². The average Bonchev–Trinajstić information content (AvgIpc) is 2.94. The van der Waals surface area contributed by atoms with E-state index in [2.05, 4.69) is 31.9 Å².